The van der Waals surface area contributed by atoms with Crippen molar-refractivity contribution in [1.82, 2.24) is 0 Å². The molecule has 0 heterocycles. The lowest BCUT2D eigenvalue weighted by atomic mass is 9.91. The molecule has 4 nitrogen and oxygen atoms in total. The third-order valence-corrected chi connectivity index (χ3v) is 3.77. The Balaban J connectivity index is 2.09. The van der Waals surface area contributed by atoms with Crippen molar-refractivity contribution in [2.24, 2.45) is 0 Å². The van der Waals surface area contributed by atoms with Crippen LogP contribution in [0.3, 0.4) is 0 Å². The number of methoxy groups -OCH3 is 1. The van der Waals surface area contributed by atoms with E-state index in [-0.39, 0.29) is 27.6 Å². The maximum absolute atomic E-state index is 12.6. The third kappa shape index (κ3) is 2.27. The number of hydrogen-bond donors (Lipinski definition) is 1. The summed E-state index contributed by atoms with van der Waals surface area (Å²) < 4.78 is 5.16. The summed E-state index contributed by atoms with van der Waals surface area (Å²) in [6.45, 7) is 0. The molecule has 2 aromatic carbocycles. The molecule has 0 aromatic heterocycles. The van der Waals surface area contributed by atoms with Gasteiger partial charge in [-0.1, -0.05) is 35.9 Å². The summed E-state index contributed by atoms with van der Waals surface area (Å²) in [5.74, 6) is -0.415. The van der Waals surface area contributed by atoms with Crippen LogP contribution in [0.15, 0.2) is 59.3 Å². The highest BCUT2D eigenvalue weighted by atomic mass is 35.5. The standard InChI is InChI=1S/C17H12ClNO3/c1-22-12-9-5-8-11-13(12)17(21)14(18)15(16(11)20)19-10-6-3-2-4-7-10/h2-9,19H,1H3. The summed E-state index contributed by atoms with van der Waals surface area (Å²) in [6.07, 6.45) is 0. The van der Waals surface area contributed by atoms with Gasteiger partial charge in [0, 0.05) is 11.3 Å². The third-order valence-electron chi connectivity index (χ3n) is 3.41. The predicted octanol–water partition coefficient (Wildman–Crippen LogP) is 3.64. The summed E-state index contributed by atoms with van der Waals surface area (Å²) in [7, 11) is 1.45. The quantitative estimate of drug-likeness (QED) is 0.940. The van der Waals surface area contributed by atoms with Gasteiger partial charge in [-0.05, 0) is 24.3 Å². The summed E-state index contributed by atoms with van der Waals surface area (Å²) >= 11 is 6.13. The van der Waals surface area contributed by atoms with Crippen molar-refractivity contribution >= 4 is 28.9 Å². The second-order valence-electron chi connectivity index (χ2n) is 4.72. The van der Waals surface area contributed by atoms with Gasteiger partial charge in [-0.2, -0.15) is 0 Å². The topological polar surface area (TPSA) is 55.4 Å². The number of carbonyl (C=O) groups is 2. The Kier molecular flexibility index (Phi) is 3.69. The molecule has 2 aromatic rings. The van der Waals surface area contributed by atoms with Gasteiger partial charge in [0.2, 0.25) is 11.6 Å². The zero-order chi connectivity index (χ0) is 15.7. The van der Waals surface area contributed by atoms with E-state index in [1.165, 1.54) is 7.11 Å². The number of benzene rings is 2. The van der Waals surface area contributed by atoms with E-state index in [2.05, 4.69) is 5.32 Å². The number of allylic oxidation sites excluding steroid dienone is 2. The number of ketones is 2. The lowest BCUT2D eigenvalue weighted by Gasteiger charge is -2.20. The molecular weight excluding hydrogens is 302 g/mol. The molecule has 5 heteroatoms. The van der Waals surface area contributed by atoms with Gasteiger partial charge in [-0.15, -0.1) is 0 Å². The Morgan fingerprint density at radius 2 is 1.68 bits per heavy atom. The first-order valence-electron chi connectivity index (χ1n) is 6.61. The Hall–Kier alpha value is -2.59. The van der Waals surface area contributed by atoms with Gasteiger partial charge < -0.3 is 10.1 Å². The van der Waals surface area contributed by atoms with Crippen molar-refractivity contribution in [3.05, 3.63) is 70.4 Å². The van der Waals surface area contributed by atoms with Gasteiger partial charge in [-0.3, -0.25) is 9.59 Å². The molecule has 0 amide bonds. The van der Waals surface area contributed by atoms with Gasteiger partial charge in [0.25, 0.3) is 0 Å². The van der Waals surface area contributed by atoms with E-state index in [0.717, 1.165) is 0 Å². The van der Waals surface area contributed by atoms with E-state index >= 15 is 0 Å². The molecule has 0 bridgehead atoms. The Bertz CT molecular complexity index is 797. The van der Waals surface area contributed by atoms with Gasteiger partial charge in [0.15, 0.2) is 0 Å². The number of para-hydroxylation sites is 1. The van der Waals surface area contributed by atoms with Crippen molar-refractivity contribution in [3.63, 3.8) is 0 Å². The van der Waals surface area contributed by atoms with Crippen LogP contribution in [-0.4, -0.2) is 18.7 Å². The van der Waals surface area contributed by atoms with Crippen LogP contribution in [0.25, 0.3) is 0 Å². The second-order valence-corrected chi connectivity index (χ2v) is 5.10. The first kappa shape index (κ1) is 14.4. The zero-order valence-electron chi connectivity index (χ0n) is 11.7. The molecule has 0 unspecified atom stereocenters. The average molecular weight is 314 g/mol. The molecule has 1 aliphatic carbocycles. The fourth-order valence-electron chi connectivity index (χ4n) is 2.36. The van der Waals surface area contributed by atoms with Crippen LogP contribution in [0.2, 0.25) is 0 Å². The first-order chi connectivity index (χ1) is 10.6. The van der Waals surface area contributed by atoms with E-state index < -0.39 is 5.78 Å². The van der Waals surface area contributed by atoms with Crippen LogP contribution in [-0.2, 0) is 0 Å². The first-order valence-corrected chi connectivity index (χ1v) is 6.99. The maximum atomic E-state index is 12.6. The molecule has 0 saturated carbocycles. The van der Waals surface area contributed by atoms with E-state index in [1.54, 1.807) is 30.3 Å². The molecule has 0 fully saturated rings. The van der Waals surface area contributed by atoms with E-state index in [0.29, 0.717) is 11.4 Å². The molecule has 0 radical (unpaired) electrons. The molecule has 1 aliphatic rings. The summed E-state index contributed by atoms with van der Waals surface area (Å²) in [5.41, 5.74) is 1.26. The van der Waals surface area contributed by atoms with Crippen LogP contribution < -0.4 is 10.1 Å². The minimum atomic E-state index is -0.424. The molecule has 0 atom stereocenters. The van der Waals surface area contributed by atoms with E-state index in [4.69, 9.17) is 16.3 Å². The maximum Gasteiger partial charge on any atom is 0.211 e. The number of halogens is 1. The van der Waals surface area contributed by atoms with E-state index in [1.807, 2.05) is 18.2 Å². The molecule has 22 heavy (non-hydrogen) atoms. The molecular formula is C17H12ClNO3. The largest absolute Gasteiger partial charge is 0.496 e. The van der Waals surface area contributed by atoms with E-state index in [9.17, 15) is 9.59 Å². The number of fused-ring (bicyclic) bond motifs is 1. The van der Waals surface area contributed by atoms with Crippen molar-refractivity contribution in [2.45, 2.75) is 0 Å². The van der Waals surface area contributed by atoms with Crippen LogP contribution >= 0.6 is 11.6 Å². The highest BCUT2D eigenvalue weighted by molar-refractivity contribution is 6.50. The molecule has 110 valence electrons. The normalized spacial score (nSPS) is 13.9. The number of carbonyl (C=O) groups excluding carboxylic acids is 2. The van der Waals surface area contributed by atoms with Gasteiger partial charge in [-0.25, -0.2) is 0 Å². The lowest BCUT2D eigenvalue weighted by Crippen LogP contribution is -2.24. The van der Waals surface area contributed by atoms with Crippen LogP contribution in [0, 0.1) is 0 Å². The molecule has 1 N–H and O–H groups in total. The Labute approximate surface area is 132 Å². The number of ether oxygens (including phenoxy) is 1. The van der Waals surface area contributed by atoms with Crippen LogP contribution in [0.1, 0.15) is 20.7 Å². The zero-order valence-corrected chi connectivity index (χ0v) is 12.5. The molecule has 0 spiro atoms. The number of nitrogens with one attached hydrogen (secondary N) is 1. The number of anilines is 1. The van der Waals surface area contributed by atoms with Gasteiger partial charge >= 0.3 is 0 Å². The van der Waals surface area contributed by atoms with Crippen LogP contribution in [0.4, 0.5) is 5.69 Å². The van der Waals surface area contributed by atoms with Crippen molar-refractivity contribution in [2.75, 3.05) is 12.4 Å². The number of hydrogen-bond acceptors (Lipinski definition) is 4. The number of rotatable bonds is 3. The minimum Gasteiger partial charge on any atom is -0.496 e. The summed E-state index contributed by atoms with van der Waals surface area (Å²) in [5, 5.41) is 2.79. The Morgan fingerprint density at radius 3 is 2.36 bits per heavy atom. The summed E-state index contributed by atoms with van der Waals surface area (Å²) in [4.78, 5) is 25.1. The number of Topliss-reactive ketones (excluding diaryl/α,β-unsaturated/α-hetero) is 2. The van der Waals surface area contributed by atoms with Crippen molar-refractivity contribution in [3.8, 4) is 5.75 Å². The molecule has 0 aliphatic heterocycles. The van der Waals surface area contributed by atoms with Crippen molar-refractivity contribution < 1.29 is 14.3 Å². The SMILES string of the molecule is COc1cccc2c1C(=O)C(Cl)=C(Nc1ccccc1)C2=O. The highest BCUT2D eigenvalue weighted by Crippen LogP contribution is 2.34. The average Bonchev–Trinajstić information content (AvgIpc) is 2.57. The lowest BCUT2D eigenvalue weighted by molar-refractivity contribution is 0.0979. The van der Waals surface area contributed by atoms with Crippen molar-refractivity contribution in [1.29, 1.82) is 0 Å². The monoisotopic (exact) mass is 313 g/mol. The van der Waals surface area contributed by atoms with Crippen LogP contribution in [0.5, 0.6) is 5.75 Å². The Morgan fingerprint density at radius 1 is 0.955 bits per heavy atom. The van der Waals surface area contributed by atoms with Gasteiger partial charge in [0.05, 0.1) is 12.7 Å². The second kappa shape index (κ2) is 5.66. The minimum absolute atomic E-state index is 0.0821. The highest BCUT2D eigenvalue weighted by Gasteiger charge is 2.33. The van der Waals surface area contributed by atoms with Gasteiger partial charge in [0.1, 0.15) is 16.5 Å². The molecule has 0 saturated heterocycles. The summed E-state index contributed by atoms with van der Waals surface area (Å²) in [6, 6.07) is 14.0. The smallest absolute Gasteiger partial charge is 0.211 e. The predicted molar refractivity (Wildman–Crippen MR) is 84.6 cm³/mol. The fraction of sp³-hybridized carbons (Fsp3) is 0.0588. The molecule has 3 rings (SSSR count). The fourth-order valence-corrected chi connectivity index (χ4v) is 2.59.